The van der Waals surface area contributed by atoms with E-state index in [0.29, 0.717) is 6.42 Å². The Bertz CT molecular complexity index is 1040. The number of anilines is 2. The molecule has 2 saturated heterocycles. The third kappa shape index (κ3) is 4.25. The number of pyridine rings is 1. The predicted octanol–water partition coefficient (Wildman–Crippen LogP) is 3.47. The number of hydrogen-bond donors (Lipinski definition) is 0. The van der Waals surface area contributed by atoms with Gasteiger partial charge in [-0.1, -0.05) is 17.3 Å². The number of likely N-dealkylation sites (N-methyl/N-ethyl adjacent to an activating group) is 1. The number of benzene rings is 1. The molecule has 1 unspecified atom stereocenters. The molecule has 0 saturated carbocycles. The van der Waals surface area contributed by atoms with Gasteiger partial charge in [0.25, 0.3) is 0 Å². The maximum absolute atomic E-state index is 13.4. The van der Waals surface area contributed by atoms with Crippen LogP contribution in [0.15, 0.2) is 59.4 Å². The largest absolute Gasteiger partial charge is 0.367 e. The number of piperazine rings is 1. The van der Waals surface area contributed by atoms with Crippen LogP contribution in [-0.2, 0) is 11.2 Å². The Morgan fingerprint density at radius 1 is 1.03 bits per heavy atom. The van der Waals surface area contributed by atoms with Crippen molar-refractivity contribution in [3.05, 3.63) is 60.6 Å². The van der Waals surface area contributed by atoms with Crippen molar-refractivity contribution in [3.8, 4) is 11.3 Å². The molecule has 1 amide bonds. The number of nitrogens with zero attached hydrogens (tertiary/aromatic N) is 5. The highest BCUT2D eigenvalue weighted by atomic mass is 16.5. The summed E-state index contributed by atoms with van der Waals surface area (Å²) in [5, 5.41) is 3.98. The van der Waals surface area contributed by atoms with Gasteiger partial charge in [-0.2, -0.15) is 0 Å². The summed E-state index contributed by atoms with van der Waals surface area (Å²) in [4.78, 5) is 24.8. The molecule has 0 N–H and O–H groups in total. The number of aromatic nitrogens is 2. The van der Waals surface area contributed by atoms with Crippen LogP contribution in [0.3, 0.4) is 0 Å². The molecule has 2 aliphatic heterocycles. The maximum Gasteiger partial charge on any atom is 0.230 e. The fourth-order valence-electron chi connectivity index (χ4n) is 4.72. The maximum atomic E-state index is 13.4. The molecule has 0 radical (unpaired) electrons. The molecule has 0 bridgehead atoms. The summed E-state index contributed by atoms with van der Waals surface area (Å²) < 4.78 is 4.94. The predicted molar refractivity (Wildman–Crippen MR) is 125 cm³/mol. The van der Waals surface area contributed by atoms with E-state index in [9.17, 15) is 4.79 Å². The summed E-state index contributed by atoms with van der Waals surface area (Å²) >= 11 is 0. The molecular formula is C25H29N5O2. The van der Waals surface area contributed by atoms with Crippen LogP contribution in [0.4, 0.5) is 11.4 Å². The Morgan fingerprint density at radius 2 is 1.84 bits per heavy atom. The van der Waals surface area contributed by atoms with E-state index in [2.05, 4.69) is 28.1 Å². The van der Waals surface area contributed by atoms with Gasteiger partial charge in [-0.05, 0) is 44.2 Å². The second-order valence-corrected chi connectivity index (χ2v) is 8.72. The molecule has 32 heavy (non-hydrogen) atoms. The molecule has 2 aliphatic rings. The van der Waals surface area contributed by atoms with E-state index in [4.69, 9.17) is 9.51 Å². The number of carbonyl (C=O) groups is 1. The Kier molecular flexibility index (Phi) is 5.90. The molecule has 5 rings (SSSR count). The topological polar surface area (TPSA) is 65.7 Å². The first-order chi connectivity index (χ1) is 15.7. The lowest BCUT2D eigenvalue weighted by atomic mass is 9.91. The Labute approximate surface area is 188 Å². The average Bonchev–Trinajstić information content (AvgIpc) is 3.37. The smallest absolute Gasteiger partial charge is 0.230 e. The highest BCUT2D eigenvalue weighted by Gasteiger charge is 2.31. The van der Waals surface area contributed by atoms with Gasteiger partial charge in [0.15, 0.2) is 0 Å². The van der Waals surface area contributed by atoms with E-state index in [1.807, 2.05) is 47.5 Å². The van der Waals surface area contributed by atoms with Crippen LogP contribution in [0, 0.1) is 5.92 Å². The molecule has 1 atom stereocenters. The fourth-order valence-corrected chi connectivity index (χ4v) is 4.72. The van der Waals surface area contributed by atoms with E-state index in [1.54, 1.807) is 6.26 Å². The lowest BCUT2D eigenvalue weighted by Crippen LogP contribution is -2.45. The summed E-state index contributed by atoms with van der Waals surface area (Å²) in [6.45, 7) is 4.85. The van der Waals surface area contributed by atoms with Gasteiger partial charge in [-0.3, -0.25) is 9.78 Å². The van der Waals surface area contributed by atoms with Crippen LogP contribution < -0.4 is 9.80 Å². The van der Waals surface area contributed by atoms with Gasteiger partial charge in [0, 0.05) is 68.6 Å². The van der Waals surface area contributed by atoms with Gasteiger partial charge >= 0.3 is 0 Å². The number of rotatable bonds is 5. The minimum atomic E-state index is -0.0416. The summed E-state index contributed by atoms with van der Waals surface area (Å²) in [5.74, 6) is 0.153. The molecule has 3 aromatic rings. The second-order valence-electron chi connectivity index (χ2n) is 8.72. The van der Waals surface area contributed by atoms with E-state index in [1.165, 1.54) is 5.69 Å². The van der Waals surface area contributed by atoms with Crippen molar-refractivity contribution >= 4 is 17.3 Å². The zero-order chi connectivity index (χ0) is 21.9. The standard InChI is InChI=1S/C25H29N5O2/c1-28-13-15-29(16-14-28)24-5-2-11-26-23(24)18-20-4-3-12-30(25(20)31)21-8-6-19(7-9-21)22-10-17-32-27-22/h2,5-11,17,20H,3-4,12-16,18H2,1H3. The van der Waals surface area contributed by atoms with E-state index in [-0.39, 0.29) is 11.8 Å². The van der Waals surface area contributed by atoms with Gasteiger partial charge in [-0.25, -0.2) is 0 Å². The van der Waals surface area contributed by atoms with Crippen molar-refractivity contribution in [1.29, 1.82) is 0 Å². The summed E-state index contributed by atoms with van der Waals surface area (Å²) in [5.41, 5.74) is 4.94. The van der Waals surface area contributed by atoms with Crippen molar-refractivity contribution < 1.29 is 9.32 Å². The molecule has 4 heterocycles. The summed E-state index contributed by atoms with van der Waals surface area (Å²) in [6.07, 6.45) is 6.01. The highest BCUT2D eigenvalue weighted by Crippen LogP contribution is 2.30. The van der Waals surface area contributed by atoms with Crippen molar-refractivity contribution in [2.45, 2.75) is 19.3 Å². The van der Waals surface area contributed by atoms with E-state index < -0.39 is 0 Å². The quantitative estimate of drug-likeness (QED) is 0.616. The van der Waals surface area contributed by atoms with Gasteiger partial charge in [-0.15, -0.1) is 0 Å². The molecular weight excluding hydrogens is 402 g/mol. The number of hydrogen-bond acceptors (Lipinski definition) is 6. The highest BCUT2D eigenvalue weighted by molar-refractivity contribution is 5.96. The molecule has 7 heteroatoms. The van der Waals surface area contributed by atoms with Crippen molar-refractivity contribution in [1.82, 2.24) is 15.0 Å². The SMILES string of the molecule is CN1CCN(c2cccnc2CC2CCCN(c3ccc(-c4ccon4)cc3)C2=O)CC1. The number of piperidine rings is 1. The monoisotopic (exact) mass is 431 g/mol. The van der Waals surface area contributed by atoms with Crippen LogP contribution in [0.25, 0.3) is 11.3 Å². The summed E-state index contributed by atoms with van der Waals surface area (Å²) in [7, 11) is 2.16. The molecule has 166 valence electrons. The first-order valence-electron chi connectivity index (χ1n) is 11.4. The van der Waals surface area contributed by atoms with Crippen molar-refractivity contribution in [2.24, 2.45) is 5.92 Å². The molecule has 0 aliphatic carbocycles. The van der Waals surface area contributed by atoms with Gasteiger partial charge in [0.1, 0.15) is 12.0 Å². The van der Waals surface area contributed by atoms with Crippen LogP contribution >= 0.6 is 0 Å². The lowest BCUT2D eigenvalue weighted by molar-refractivity contribution is -0.123. The second kappa shape index (κ2) is 9.12. The number of amides is 1. The normalized spacial score (nSPS) is 20.0. The molecule has 1 aromatic carbocycles. The Morgan fingerprint density at radius 3 is 2.59 bits per heavy atom. The zero-order valence-corrected chi connectivity index (χ0v) is 18.5. The fraction of sp³-hybridized carbons (Fsp3) is 0.400. The van der Waals surface area contributed by atoms with Crippen LogP contribution in [0.5, 0.6) is 0 Å². The average molecular weight is 432 g/mol. The van der Waals surface area contributed by atoms with Gasteiger partial charge < -0.3 is 19.2 Å². The van der Waals surface area contributed by atoms with E-state index in [0.717, 1.165) is 68.2 Å². The van der Waals surface area contributed by atoms with Crippen molar-refractivity contribution in [2.75, 3.05) is 49.6 Å². The Balaban J connectivity index is 1.31. The first-order valence-corrected chi connectivity index (χ1v) is 11.4. The first kappa shape index (κ1) is 20.7. The van der Waals surface area contributed by atoms with Crippen LogP contribution in [0.1, 0.15) is 18.5 Å². The third-order valence-electron chi connectivity index (χ3n) is 6.61. The lowest BCUT2D eigenvalue weighted by Gasteiger charge is -2.36. The third-order valence-corrected chi connectivity index (χ3v) is 6.61. The minimum Gasteiger partial charge on any atom is -0.367 e. The van der Waals surface area contributed by atoms with Crippen molar-refractivity contribution in [3.63, 3.8) is 0 Å². The Hall–Kier alpha value is -3.19. The zero-order valence-electron chi connectivity index (χ0n) is 18.5. The van der Waals surface area contributed by atoms with E-state index >= 15 is 0 Å². The summed E-state index contributed by atoms with van der Waals surface area (Å²) in [6, 6.07) is 14.0. The molecule has 2 fully saturated rings. The van der Waals surface area contributed by atoms with Crippen LogP contribution in [0.2, 0.25) is 0 Å². The minimum absolute atomic E-state index is 0.0416. The molecule has 7 nitrogen and oxygen atoms in total. The van der Waals surface area contributed by atoms with Gasteiger partial charge in [0.05, 0.1) is 11.4 Å². The molecule has 0 spiro atoms. The van der Waals surface area contributed by atoms with Crippen LogP contribution in [-0.4, -0.2) is 60.7 Å². The van der Waals surface area contributed by atoms with Gasteiger partial charge in [0.2, 0.25) is 5.91 Å². The molecule has 2 aromatic heterocycles. The number of carbonyl (C=O) groups excluding carboxylic acids is 1.